The van der Waals surface area contributed by atoms with Gasteiger partial charge in [-0.15, -0.1) is 0 Å². The van der Waals surface area contributed by atoms with Crippen LogP contribution >= 0.6 is 0 Å². The minimum Gasteiger partial charge on any atom is -0.353 e. The van der Waals surface area contributed by atoms with Gasteiger partial charge >= 0.3 is 0 Å². The van der Waals surface area contributed by atoms with Gasteiger partial charge in [-0.05, 0) is 44.2 Å². The maximum Gasteiger partial charge on any atom is 0.257 e. The molecule has 1 saturated carbocycles. The Morgan fingerprint density at radius 3 is 2.23 bits per heavy atom. The molecular formula is C24H31N3O4. The molecule has 3 amide bonds. The van der Waals surface area contributed by atoms with Gasteiger partial charge in [0.05, 0.1) is 6.61 Å². The first-order valence-corrected chi connectivity index (χ1v) is 11.6. The second-order valence-corrected chi connectivity index (χ2v) is 9.40. The van der Waals surface area contributed by atoms with Gasteiger partial charge in [0.1, 0.15) is 11.8 Å². The van der Waals surface area contributed by atoms with Crippen molar-refractivity contribution in [3.8, 4) is 0 Å². The molecule has 3 heterocycles. The van der Waals surface area contributed by atoms with E-state index in [2.05, 4.69) is 0 Å². The number of hydrogen-bond donors (Lipinski definition) is 0. The highest BCUT2D eigenvalue weighted by Crippen LogP contribution is 2.41. The molecule has 7 nitrogen and oxygen atoms in total. The minimum atomic E-state index is -0.820. The van der Waals surface area contributed by atoms with Crippen molar-refractivity contribution in [3.63, 3.8) is 0 Å². The number of carbonyl (C=O) groups excluding carboxylic acids is 3. The highest BCUT2D eigenvalue weighted by atomic mass is 16.5. The van der Waals surface area contributed by atoms with E-state index in [4.69, 9.17) is 4.74 Å². The summed E-state index contributed by atoms with van der Waals surface area (Å²) < 4.78 is 6.29. The number of ether oxygens (including phenoxy) is 1. The van der Waals surface area contributed by atoms with Crippen LogP contribution in [0.5, 0.6) is 0 Å². The highest BCUT2D eigenvalue weighted by Gasteiger charge is 2.55. The lowest BCUT2D eigenvalue weighted by molar-refractivity contribution is -0.146. The SMILES string of the molecule is Cc1ccccc1C(=O)N1C(C(=O)N2CCCC2)COC12CCN(C(=O)C1CC1)CC2. The van der Waals surface area contributed by atoms with Crippen LogP contribution in [0.2, 0.25) is 0 Å². The molecule has 31 heavy (non-hydrogen) atoms. The summed E-state index contributed by atoms with van der Waals surface area (Å²) in [6.45, 7) is 4.78. The van der Waals surface area contributed by atoms with E-state index >= 15 is 0 Å². The fourth-order valence-electron chi connectivity index (χ4n) is 5.31. The summed E-state index contributed by atoms with van der Waals surface area (Å²) in [6.07, 6.45) is 5.09. The molecule has 3 saturated heterocycles. The Balaban J connectivity index is 1.43. The predicted molar refractivity (Wildman–Crippen MR) is 114 cm³/mol. The van der Waals surface area contributed by atoms with Crippen molar-refractivity contribution < 1.29 is 19.1 Å². The van der Waals surface area contributed by atoms with Crippen LogP contribution in [0.3, 0.4) is 0 Å². The van der Waals surface area contributed by atoms with Crippen molar-refractivity contribution in [1.29, 1.82) is 0 Å². The average Bonchev–Trinajstić information content (AvgIpc) is 3.36. The Labute approximate surface area is 183 Å². The van der Waals surface area contributed by atoms with Gasteiger partial charge in [-0.3, -0.25) is 19.3 Å². The molecule has 7 heteroatoms. The second kappa shape index (κ2) is 7.93. The van der Waals surface area contributed by atoms with Crippen molar-refractivity contribution >= 4 is 17.7 Å². The van der Waals surface area contributed by atoms with Crippen molar-refractivity contribution in [2.24, 2.45) is 5.92 Å². The van der Waals surface area contributed by atoms with Crippen LogP contribution in [0.25, 0.3) is 0 Å². The summed E-state index contributed by atoms with van der Waals surface area (Å²) in [4.78, 5) is 45.2. The molecule has 1 atom stereocenters. The Morgan fingerprint density at radius 2 is 1.58 bits per heavy atom. The summed E-state index contributed by atoms with van der Waals surface area (Å²) in [7, 11) is 0. The van der Waals surface area contributed by atoms with E-state index < -0.39 is 11.8 Å². The van der Waals surface area contributed by atoms with E-state index in [0.29, 0.717) is 31.5 Å². The normalized spacial score (nSPS) is 25.3. The van der Waals surface area contributed by atoms with Crippen LogP contribution in [0, 0.1) is 12.8 Å². The third kappa shape index (κ3) is 3.63. The molecule has 0 bridgehead atoms. The minimum absolute atomic E-state index is 0.00667. The fourth-order valence-corrected chi connectivity index (χ4v) is 5.31. The maximum absolute atomic E-state index is 13.8. The second-order valence-electron chi connectivity index (χ2n) is 9.40. The summed E-state index contributed by atoms with van der Waals surface area (Å²) in [5.41, 5.74) is 0.686. The monoisotopic (exact) mass is 425 g/mol. The zero-order chi connectivity index (χ0) is 21.6. The van der Waals surface area contributed by atoms with E-state index in [1.165, 1.54) is 0 Å². The molecule has 1 aliphatic carbocycles. The summed E-state index contributed by atoms with van der Waals surface area (Å²) in [5.74, 6) is 0.268. The number of carbonyl (C=O) groups is 3. The van der Waals surface area contributed by atoms with Crippen molar-refractivity contribution in [3.05, 3.63) is 35.4 Å². The van der Waals surface area contributed by atoms with Crippen LogP contribution in [0.15, 0.2) is 24.3 Å². The lowest BCUT2D eigenvalue weighted by Gasteiger charge is -2.45. The number of amides is 3. The first kappa shape index (κ1) is 20.5. The quantitative estimate of drug-likeness (QED) is 0.744. The molecule has 0 aromatic heterocycles. The third-order valence-electron chi connectivity index (χ3n) is 7.34. The molecule has 0 N–H and O–H groups in total. The first-order chi connectivity index (χ1) is 15.0. The van der Waals surface area contributed by atoms with Gasteiger partial charge in [0.2, 0.25) is 11.8 Å². The number of benzene rings is 1. The molecule has 4 aliphatic rings. The molecule has 5 rings (SSSR count). The average molecular weight is 426 g/mol. The number of likely N-dealkylation sites (tertiary alicyclic amines) is 2. The van der Waals surface area contributed by atoms with E-state index in [1.54, 1.807) is 4.90 Å². The van der Waals surface area contributed by atoms with Gasteiger partial charge in [0, 0.05) is 50.5 Å². The molecule has 166 valence electrons. The van der Waals surface area contributed by atoms with Crippen molar-refractivity contribution in [1.82, 2.24) is 14.7 Å². The number of piperidine rings is 1. The highest BCUT2D eigenvalue weighted by molar-refractivity contribution is 5.99. The Morgan fingerprint density at radius 1 is 0.935 bits per heavy atom. The molecule has 1 spiro atoms. The van der Waals surface area contributed by atoms with E-state index in [-0.39, 0.29) is 30.2 Å². The summed E-state index contributed by atoms with van der Waals surface area (Å²) >= 11 is 0. The molecule has 1 aromatic rings. The van der Waals surface area contributed by atoms with Gasteiger partial charge in [0.15, 0.2) is 0 Å². The van der Waals surface area contributed by atoms with Gasteiger partial charge in [-0.25, -0.2) is 0 Å². The van der Waals surface area contributed by atoms with E-state index in [9.17, 15) is 14.4 Å². The van der Waals surface area contributed by atoms with Gasteiger partial charge in [-0.2, -0.15) is 0 Å². The Bertz CT molecular complexity index is 883. The van der Waals surface area contributed by atoms with Crippen LogP contribution in [0.1, 0.15) is 54.4 Å². The smallest absolute Gasteiger partial charge is 0.257 e. The number of hydrogen-bond acceptors (Lipinski definition) is 4. The molecule has 4 fully saturated rings. The predicted octanol–water partition coefficient (Wildman–Crippen LogP) is 2.19. The van der Waals surface area contributed by atoms with Crippen LogP contribution in [-0.2, 0) is 14.3 Å². The Hall–Kier alpha value is -2.41. The maximum atomic E-state index is 13.8. The van der Waals surface area contributed by atoms with Crippen LogP contribution < -0.4 is 0 Å². The third-order valence-corrected chi connectivity index (χ3v) is 7.34. The van der Waals surface area contributed by atoms with Crippen molar-refractivity contribution in [2.75, 3.05) is 32.8 Å². The topological polar surface area (TPSA) is 70.2 Å². The van der Waals surface area contributed by atoms with Crippen molar-refractivity contribution in [2.45, 2.75) is 57.2 Å². The fraction of sp³-hybridized carbons (Fsp3) is 0.625. The molecular weight excluding hydrogens is 394 g/mol. The number of nitrogens with zero attached hydrogens (tertiary/aromatic N) is 3. The number of rotatable bonds is 3. The number of aryl methyl sites for hydroxylation is 1. The molecule has 1 unspecified atom stereocenters. The lowest BCUT2D eigenvalue weighted by Crippen LogP contribution is -2.60. The molecule has 1 aromatic carbocycles. The Kier molecular flexibility index (Phi) is 5.24. The van der Waals surface area contributed by atoms with E-state index in [0.717, 1.165) is 44.3 Å². The molecule has 0 radical (unpaired) electrons. The first-order valence-electron chi connectivity index (χ1n) is 11.6. The summed E-state index contributed by atoms with van der Waals surface area (Å²) in [5, 5.41) is 0. The van der Waals surface area contributed by atoms with Crippen LogP contribution in [0.4, 0.5) is 0 Å². The van der Waals surface area contributed by atoms with Gasteiger partial charge in [0.25, 0.3) is 5.91 Å². The standard InChI is InChI=1S/C24H31N3O4/c1-17-6-2-3-7-19(17)22(29)27-20(23(30)25-12-4-5-13-25)16-31-24(27)10-14-26(15-11-24)21(28)18-8-9-18/h2-3,6-7,18,20H,4-5,8-16H2,1H3. The van der Waals surface area contributed by atoms with Crippen LogP contribution in [-0.4, -0.2) is 77.0 Å². The zero-order valence-corrected chi connectivity index (χ0v) is 18.2. The van der Waals surface area contributed by atoms with Gasteiger partial charge in [-0.1, -0.05) is 18.2 Å². The lowest BCUT2D eigenvalue weighted by atomic mass is 9.95. The largest absolute Gasteiger partial charge is 0.353 e. The van der Waals surface area contributed by atoms with E-state index in [1.807, 2.05) is 41.0 Å². The summed E-state index contributed by atoms with van der Waals surface area (Å²) in [6, 6.07) is 6.92. The molecule has 3 aliphatic heterocycles. The zero-order valence-electron chi connectivity index (χ0n) is 18.2. The van der Waals surface area contributed by atoms with Gasteiger partial charge < -0.3 is 14.5 Å².